The Morgan fingerprint density at radius 3 is 2.75 bits per heavy atom. The smallest absolute Gasteiger partial charge is 0.124 e. The van der Waals surface area contributed by atoms with E-state index in [0.29, 0.717) is 6.61 Å². The molecule has 0 saturated heterocycles. The van der Waals surface area contributed by atoms with Gasteiger partial charge in [0.15, 0.2) is 0 Å². The van der Waals surface area contributed by atoms with Crippen molar-refractivity contribution < 1.29 is 4.74 Å². The Kier molecular flexibility index (Phi) is 5.12. The zero-order valence-corrected chi connectivity index (χ0v) is 12.3. The molecule has 108 valence electrons. The molecular formula is C15H22N4O. The highest BCUT2D eigenvalue weighted by Crippen LogP contribution is 2.29. The minimum Gasteiger partial charge on any atom is -0.494 e. The predicted molar refractivity (Wildman–Crippen MR) is 78.8 cm³/mol. The van der Waals surface area contributed by atoms with Crippen LogP contribution < -0.4 is 10.1 Å². The molecule has 1 atom stereocenters. The van der Waals surface area contributed by atoms with Gasteiger partial charge in [0.05, 0.1) is 24.5 Å². The Morgan fingerprint density at radius 2 is 2.10 bits per heavy atom. The molecule has 0 bridgehead atoms. The largest absolute Gasteiger partial charge is 0.494 e. The lowest BCUT2D eigenvalue weighted by molar-refractivity contribution is 0.333. The van der Waals surface area contributed by atoms with Gasteiger partial charge in [-0.3, -0.25) is 4.68 Å². The van der Waals surface area contributed by atoms with Crippen molar-refractivity contribution in [2.75, 3.05) is 13.2 Å². The normalized spacial score (nSPS) is 12.3. The Hall–Kier alpha value is -1.88. The molecule has 1 heterocycles. The SMILES string of the molecule is CCCNC(c1ccccc1OCC)c1cnnn1C. The molecule has 2 rings (SSSR count). The van der Waals surface area contributed by atoms with Gasteiger partial charge in [-0.05, 0) is 26.0 Å². The van der Waals surface area contributed by atoms with Gasteiger partial charge in [0.25, 0.3) is 0 Å². The summed E-state index contributed by atoms with van der Waals surface area (Å²) in [6.07, 6.45) is 2.87. The molecule has 0 amide bonds. The van der Waals surface area contributed by atoms with Crippen LogP contribution in [0.1, 0.15) is 37.6 Å². The van der Waals surface area contributed by atoms with Crippen molar-refractivity contribution in [3.05, 3.63) is 41.7 Å². The first-order chi connectivity index (χ1) is 9.77. The van der Waals surface area contributed by atoms with E-state index in [2.05, 4.69) is 28.6 Å². The average molecular weight is 274 g/mol. The van der Waals surface area contributed by atoms with Crippen LogP contribution in [0.25, 0.3) is 0 Å². The van der Waals surface area contributed by atoms with E-state index in [0.717, 1.165) is 30.0 Å². The predicted octanol–water partition coefficient (Wildman–Crippen LogP) is 2.30. The number of hydrogen-bond donors (Lipinski definition) is 1. The van der Waals surface area contributed by atoms with Crippen molar-refractivity contribution in [1.82, 2.24) is 20.3 Å². The molecule has 0 aliphatic rings. The van der Waals surface area contributed by atoms with Gasteiger partial charge in [-0.2, -0.15) is 0 Å². The Bertz CT molecular complexity index is 538. The van der Waals surface area contributed by atoms with Crippen LogP contribution in [0.15, 0.2) is 30.5 Å². The third kappa shape index (κ3) is 3.17. The van der Waals surface area contributed by atoms with E-state index in [1.54, 1.807) is 10.9 Å². The Balaban J connectivity index is 2.38. The minimum atomic E-state index is 0.0395. The number of aryl methyl sites for hydroxylation is 1. The monoisotopic (exact) mass is 274 g/mol. The lowest BCUT2D eigenvalue weighted by Crippen LogP contribution is -2.25. The topological polar surface area (TPSA) is 52.0 Å². The highest BCUT2D eigenvalue weighted by molar-refractivity contribution is 5.39. The molecule has 0 aliphatic heterocycles. The van der Waals surface area contributed by atoms with E-state index in [1.807, 2.05) is 32.2 Å². The zero-order chi connectivity index (χ0) is 14.4. The molecule has 0 spiro atoms. The van der Waals surface area contributed by atoms with Crippen LogP contribution in [-0.4, -0.2) is 28.1 Å². The maximum absolute atomic E-state index is 5.75. The van der Waals surface area contributed by atoms with Crippen molar-refractivity contribution in [3.8, 4) is 5.75 Å². The van der Waals surface area contributed by atoms with E-state index < -0.39 is 0 Å². The number of hydrogen-bond acceptors (Lipinski definition) is 4. The summed E-state index contributed by atoms with van der Waals surface area (Å²) in [5, 5.41) is 11.6. The molecular weight excluding hydrogens is 252 g/mol. The molecule has 5 heteroatoms. The molecule has 1 aromatic heterocycles. The first-order valence-electron chi connectivity index (χ1n) is 7.07. The minimum absolute atomic E-state index is 0.0395. The molecule has 0 saturated carbocycles. The Morgan fingerprint density at radius 1 is 1.30 bits per heavy atom. The van der Waals surface area contributed by atoms with Crippen LogP contribution in [0.3, 0.4) is 0 Å². The number of aromatic nitrogens is 3. The van der Waals surface area contributed by atoms with Crippen LogP contribution in [0.5, 0.6) is 5.75 Å². The summed E-state index contributed by atoms with van der Waals surface area (Å²) in [7, 11) is 1.91. The standard InChI is InChI=1S/C15H22N4O/c1-4-10-16-15(13-11-17-18-19(13)3)12-8-6-7-9-14(12)20-5-2/h6-9,11,15-16H,4-5,10H2,1-3H3. The maximum atomic E-state index is 5.75. The van der Waals surface area contributed by atoms with Crippen LogP contribution in [-0.2, 0) is 7.05 Å². The fraction of sp³-hybridized carbons (Fsp3) is 0.467. The van der Waals surface area contributed by atoms with Crippen LogP contribution in [0.2, 0.25) is 0 Å². The highest BCUT2D eigenvalue weighted by Gasteiger charge is 2.20. The van der Waals surface area contributed by atoms with Crippen LogP contribution in [0, 0.1) is 0 Å². The quantitative estimate of drug-likeness (QED) is 0.841. The summed E-state index contributed by atoms with van der Waals surface area (Å²) in [6, 6.07) is 8.15. The molecule has 2 aromatic rings. The van der Waals surface area contributed by atoms with Crippen LogP contribution in [0.4, 0.5) is 0 Å². The maximum Gasteiger partial charge on any atom is 0.124 e. The summed E-state index contributed by atoms with van der Waals surface area (Å²) in [4.78, 5) is 0. The van der Waals surface area contributed by atoms with Crippen molar-refractivity contribution in [3.63, 3.8) is 0 Å². The van der Waals surface area contributed by atoms with Crippen molar-refractivity contribution in [2.45, 2.75) is 26.3 Å². The van der Waals surface area contributed by atoms with E-state index in [-0.39, 0.29) is 6.04 Å². The molecule has 1 N–H and O–H groups in total. The molecule has 1 unspecified atom stereocenters. The number of nitrogens with one attached hydrogen (secondary N) is 1. The van der Waals surface area contributed by atoms with E-state index >= 15 is 0 Å². The third-order valence-corrected chi connectivity index (χ3v) is 3.17. The number of benzene rings is 1. The van der Waals surface area contributed by atoms with E-state index in [9.17, 15) is 0 Å². The molecule has 0 fully saturated rings. The molecule has 0 aliphatic carbocycles. The van der Waals surface area contributed by atoms with Crippen LogP contribution >= 0.6 is 0 Å². The summed E-state index contributed by atoms with van der Waals surface area (Å²) in [5.74, 6) is 0.907. The van der Waals surface area contributed by atoms with Gasteiger partial charge in [0, 0.05) is 12.6 Å². The summed E-state index contributed by atoms with van der Waals surface area (Å²) in [5.41, 5.74) is 2.15. The lowest BCUT2D eigenvalue weighted by atomic mass is 10.0. The fourth-order valence-electron chi connectivity index (χ4n) is 2.23. The van der Waals surface area contributed by atoms with E-state index in [1.165, 1.54) is 0 Å². The number of para-hydroxylation sites is 1. The number of rotatable bonds is 7. The molecule has 20 heavy (non-hydrogen) atoms. The van der Waals surface area contributed by atoms with Gasteiger partial charge < -0.3 is 10.1 Å². The molecule has 1 aromatic carbocycles. The number of ether oxygens (including phenoxy) is 1. The molecule has 5 nitrogen and oxygen atoms in total. The zero-order valence-electron chi connectivity index (χ0n) is 12.3. The van der Waals surface area contributed by atoms with Gasteiger partial charge in [-0.15, -0.1) is 5.10 Å². The van der Waals surface area contributed by atoms with E-state index in [4.69, 9.17) is 4.74 Å². The Labute approximate surface area is 120 Å². The van der Waals surface area contributed by atoms with Gasteiger partial charge in [-0.25, -0.2) is 0 Å². The third-order valence-electron chi connectivity index (χ3n) is 3.17. The van der Waals surface area contributed by atoms with Gasteiger partial charge in [-0.1, -0.05) is 30.3 Å². The number of nitrogens with zero attached hydrogens (tertiary/aromatic N) is 3. The average Bonchev–Trinajstić information content (AvgIpc) is 2.88. The van der Waals surface area contributed by atoms with Gasteiger partial charge >= 0.3 is 0 Å². The second-order valence-electron chi connectivity index (χ2n) is 4.64. The summed E-state index contributed by atoms with van der Waals surface area (Å²) < 4.78 is 7.55. The van der Waals surface area contributed by atoms with Crippen molar-refractivity contribution in [1.29, 1.82) is 0 Å². The van der Waals surface area contributed by atoms with Crippen molar-refractivity contribution >= 4 is 0 Å². The highest BCUT2D eigenvalue weighted by atomic mass is 16.5. The lowest BCUT2D eigenvalue weighted by Gasteiger charge is -2.21. The summed E-state index contributed by atoms with van der Waals surface area (Å²) in [6.45, 7) is 5.73. The molecule has 0 radical (unpaired) electrons. The fourth-order valence-corrected chi connectivity index (χ4v) is 2.23. The van der Waals surface area contributed by atoms with Gasteiger partial charge in [0.2, 0.25) is 0 Å². The summed E-state index contributed by atoms with van der Waals surface area (Å²) >= 11 is 0. The first-order valence-corrected chi connectivity index (χ1v) is 7.07. The van der Waals surface area contributed by atoms with Crippen molar-refractivity contribution in [2.24, 2.45) is 7.05 Å². The second-order valence-corrected chi connectivity index (χ2v) is 4.64. The van der Waals surface area contributed by atoms with Gasteiger partial charge in [0.1, 0.15) is 5.75 Å². The first kappa shape index (κ1) is 14.5. The second kappa shape index (κ2) is 7.05.